The van der Waals surface area contributed by atoms with Gasteiger partial charge in [-0.25, -0.2) is 4.98 Å². The second-order valence-corrected chi connectivity index (χ2v) is 5.94. The van der Waals surface area contributed by atoms with Crippen molar-refractivity contribution >= 4 is 29.2 Å². The smallest absolute Gasteiger partial charge is 0.248 e. The average Bonchev–Trinajstić information content (AvgIpc) is 3.36. The number of nitrogens with two attached hydrogens (primary N) is 1. The van der Waals surface area contributed by atoms with Crippen LogP contribution in [0.1, 0.15) is 37.7 Å². The number of carbonyl (C=O) groups is 1. The quantitative estimate of drug-likeness (QED) is 0.547. The zero-order chi connectivity index (χ0) is 17.2. The Labute approximate surface area is 146 Å². The predicted molar refractivity (Wildman–Crippen MR) is 98.3 cm³/mol. The van der Waals surface area contributed by atoms with Crippen LogP contribution in [0.2, 0.25) is 0 Å². The van der Waals surface area contributed by atoms with E-state index >= 15 is 0 Å². The highest BCUT2D eigenvalue weighted by atomic mass is 16.1. The SMILES string of the molecule is NC(=O)c1ccc(Nc2nccc(Nc3cc(C4CC4)[nH]n3)n2)cc1.[HH].[HH]. The Kier molecular flexibility index (Phi) is 3.77. The number of H-pyrrole nitrogens is 1. The van der Waals surface area contributed by atoms with E-state index in [1.807, 2.05) is 6.07 Å². The Morgan fingerprint density at radius 2 is 1.96 bits per heavy atom. The summed E-state index contributed by atoms with van der Waals surface area (Å²) in [6.45, 7) is 0. The van der Waals surface area contributed by atoms with Crippen molar-refractivity contribution in [1.82, 2.24) is 20.2 Å². The van der Waals surface area contributed by atoms with Crippen molar-refractivity contribution in [2.24, 2.45) is 5.73 Å². The number of hydrogen-bond acceptors (Lipinski definition) is 6. The molecule has 2 heterocycles. The van der Waals surface area contributed by atoms with Crippen molar-refractivity contribution in [3.63, 3.8) is 0 Å². The number of amides is 1. The average molecular weight is 339 g/mol. The summed E-state index contributed by atoms with van der Waals surface area (Å²) in [6, 6.07) is 10.6. The van der Waals surface area contributed by atoms with E-state index in [0.717, 1.165) is 17.2 Å². The van der Waals surface area contributed by atoms with Crippen LogP contribution in [0.5, 0.6) is 0 Å². The van der Waals surface area contributed by atoms with Crippen molar-refractivity contribution in [1.29, 1.82) is 0 Å². The first kappa shape index (κ1) is 15.1. The fraction of sp³-hybridized carbons (Fsp3) is 0.176. The summed E-state index contributed by atoms with van der Waals surface area (Å²) in [5.41, 5.74) is 7.60. The number of aromatic amines is 1. The minimum Gasteiger partial charge on any atom is -0.366 e. The summed E-state index contributed by atoms with van der Waals surface area (Å²) < 4.78 is 0. The normalized spacial score (nSPS) is 13.4. The number of rotatable bonds is 6. The van der Waals surface area contributed by atoms with E-state index in [4.69, 9.17) is 5.73 Å². The van der Waals surface area contributed by atoms with E-state index in [2.05, 4.69) is 30.8 Å². The van der Waals surface area contributed by atoms with Gasteiger partial charge in [-0.05, 0) is 43.2 Å². The van der Waals surface area contributed by atoms with Crippen LogP contribution in [-0.2, 0) is 0 Å². The molecule has 5 N–H and O–H groups in total. The van der Waals surface area contributed by atoms with Crippen LogP contribution in [-0.4, -0.2) is 26.1 Å². The van der Waals surface area contributed by atoms with E-state index < -0.39 is 5.91 Å². The first-order valence-corrected chi connectivity index (χ1v) is 7.99. The van der Waals surface area contributed by atoms with Gasteiger partial charge in [0.2, 0.25) is 11.9 Å². The monoisotopic (exact) mass is 339 g/mol. The lowest BCUT2D eigenvalue weighted by Gasteiger charge is -2.07. The van der Waals surface area contributed by atoms with Crippen LogP contribution in [0.3, 0.4) is 0 Å². The molecule has 1 amide bonds. The molecule has 0 unspecified atom stereocenters. The van der Waals surface area contributed by atoms with Crippen LogP contribution < -0.4 is 16.4 Å². The van der Waals surface area contributed by atoms with Gasteiger partial charge in [-0.1, -0.05) is 0 Å². The maximum Gasteiger partial charge on any atom is 0.248 e. The largest absolute Gasteiger partial charge is 0.366 e. The number of nitrogens with one attached hydrogen (secondary N) is 3. The molecule has 1 aliphatic rings. The highest BCUT2D eigenvalue weighted by Gasteiger charge is 2.25. The van der Waals surface area contributed by atoms with E-state index in [-0.39, 0.29) is 2.85 Å². The molecule has 0 aliphatic heterocycles. The topological polar surface area (TPSA) is 122 Å². The number of aromatic nitrogens is 4. The summed E-state index contributed by atoms with van der Waals surface area (Å²) in [5.74, 6) is 1.97. The highest BCUT2D eigenvalue weighted by Crippen LogP contribution is 2.39. The van der Waals surface area contributed by atoms with Crippen LogP contribution in [0.15, 0.2) is 42.6 Å². The number of primary amides is 1. The molecule has 1 fully saturated rings. The molecule has 1 aromatic carbocycles. The Morgan fingerprint density at radius 3 is 2.68 bits per heavy atom. The molecule has 0 spiro atoms. The van der Waals surface area contributed by atoms with Crippen molar-refractivity contribution in [2.75, 3.05) is 10.6 Å². The van der Waals surface area contributed by atoms with E-state index in [1.54, 1.807) is 36.5 Å². The van der Waals surface area contributed by atoms with Gasteiger partial charge >= 0.3 is 0 Å². The lowest BCUT2D eigenvalue weighted by molar-refractivity contribution is 0.100. The molecule has 4 rings (SSSR count). The summed E-state index contributed by atoms with van der Waals surface area (Å²) in [7, 11) is 0. The minimum absolute atomic E-state index is 0. The first-order valence-electron chi connectivity index (χ1n) is 7.99. The molecule has 1 aliphatic carbocycles. The van der Waals surface area contributed by atoms with Gasteiger partial charge in [0, 0.05) is 38.0 Å². The number of anilines is 4. The van der Waals surface area contributed by atoms with Crippen LogP contribution >= 0.6 is 0 Å². The van der Waals surface area contributed by atoms with Crippen molar-refractivity contribution in [2.45, 2.75) is 18.8 Å². The summed E-state index contributed by atoms with van der Waals surface area (Å²) in [4.78, 5) is 19.7. The Morgan fingerprint density at radius 1 is 1.16 bits per heavy atom. The highest BCUT2D eigenvalue weighted by molar-refractivity contribution is 5.93. The zero-order valence-electron chi connectivity index (χ0n) is 13.4. The molecule has 1 saturated carbocycles. The fourth-order valence-corrected chi connectivity index (χ4v) is 2.47. The molecular weight excluding hydrogens is 318 g/mol. The molecule has 0 saturated heterocycles. The Bertz CT molecular complexity index is 910. The van der Waals surface area contributed by atoms with Crippen LogP contribution in [0.4, 0.5) is 23.3 Å². The maximum atomic E-state index is 11.1. The van der Waals surface area contributed by atoms with Crippen molar-refractivity contribution < 1.29 is 7.65 Å². The zero-order valence-corrected chi connectivity index (χ0v) is 13.4. The second kappa shape index (κ2) is 6.23. The third-order valence-electron chi connectivity index (χ3n) is 3.95. The number of carbonyl (C=O) groups excluding carboxylic acids is 1. The van der Waals surface area contributed by atoms with E-state index in [9.17, 15) is 4.79 Å². The van der Waals surface area contributed by atoms with Crippen molar-refractivity contribution in [3.8, 4) is 0 Å². The third-order valence-corrected chi connectivity index (χ3v) is 3.95. The molecular formula is C17H21N7O. The maximum absolute atomic E-state index is 11.1. The standard InChI is InChI=1S/C17H17N7O.2H2/c18-16(25)11-3-5-12(6-4-11)20-17-19-8-7-14(22-17)21-15-9-13(23-24-15)10-1-2-10;;/h3-10H,1-2H2,(H2,18,25)(H3,19,20,21,22,23,24);2*1H. The molecule has 3 aromatic rings. The summed E-state index contributed by atoms with van der Waals surface area (Å²) in [5, 5.41) is 13.5. The van der Waals surface area contributed by atoms with E-state index in [1.165, 1.54) is 12.8 Å². The van der Waals surface area contributed by atoms with Gasteiger partial charge in [0.05, 0.1) is 0 Å². The lowest BCUT2D eigenvalue weighted by atomic mass is 10.2. The predicted octanol–water partition coefficient (Wildman–Crippen LogP) is 3.16. The van der Waals surface area contributed by atoms with Gasteiger partial charge in [0.25, 0.3) is 0 Å². The van der Waals surface area contributed by atoms with Gasteiger partial charge < -0.3 is 16.4 Å². The van der Waals surface area contributed by atoms with Crippen molar-refractivity contribution in [3.05, 3.63) is 53.9 Å². The fourth-order valence-electron chi connectivity index (χ4n) is 2.47. The number of nitrogens with zero attached hydrogens (tertiary/aromatic N) is 3. The van der Waals surface area contributed by atoms with Crippen LogP contribution in [0, 0.1) is 0 Å². The molecule has 130 valence electrons. The molecule has 8 heteroatoms. The number of benzene rings is 1. The van der Waals surface area contributed by atoms with Crippen LogP contribution in [0.25, 0.3) is 0 Å². The van der Waals surface area contributed by atoms with Gasteiger partial charge in [0.15, 0.2) is 5.82 Å². The molecule has 2 aromatic heterocycles. The summed E-state index contributed by atoms with van der Waals surface area (Å²) >= 11 is 0. The number of hydrogen-bond donors (Lipinski definition) is 4. The molecule has 0 radical (unpaired) electrons. The first-order chi connectivity index (χ1) is 12.2. The van der Waals surface area contributed by atoms with Gasteiger partial charge in [-0.15, -0.1) is 0 Å². The third kappa shape index (κ3) is 3.57. The van der Waals surface area contributed by atoms with E-state index in [0.29, 0.717) is 23.2 Å². The lowest BCUT2D eigenvalue weighted by Crippen LogP contribution is -2.10. The Balaban J connectivity index is 0.00000131. The van der Waals surface area contributed by atoms with Gasteiger partial charge in [-0.2, -0.15) is 10.1 Å². The van der Waals surface area contributed by atoms with Gasteiger partial charge in [0.1, 0.15) is 5.82 Å². The molecule has 0 bridgehead atoms. The molecule has 25 heavy (non-hydrogen) atoms. The minimum atomic E-state index is -0.460. The summed E-state index contributed by atoms with van der Waals surface area (Å²) in [6.07, 6.45) is 4.10. The second-order valence-electron chi connectivity index (χ2n) is 5.94. The molecule has 8 nitrogen and oxygen atoms in total. The Hall–Kier alpha value is -3.42. The molecule has 0 atom stereocenters. The van der Waals surface area contributed by atoms with Gasteiger partial charge in [-0.3, -0.25) is 9.89 Å².